The van der Waals surface area contributed by atoms with E-state index in [1.54, 1.807) is 11.1 Å². The molecule has 3 rings (SSSR count). The standard InChI is InChI=1S/C17H28.C9H18.C3H6O/c1-6-9-17(10-7-2)12-13(3)15-14(17)8-11-16(15,4)5;1-3-9-6-4-8(2)5-7-9;1-3(2)4/h8,11,13H,6-7,9-10,12H2,1-5H3;8-9H,3-7H2,1-2H3;1-2H3. The Bertz CT molecular complexity index is 573. The number of allylic oxidation sites excluding steroid dienone is 4. The highest BCUT2D eigenvalue weighted by Crippen LogP contribution is 2.59. The minimum absolute atomic E-state index is 0.167. The van der Waals surface area contributed by atoms with Gasteiger partial charge in [0, 0.05) is 5.41 Å². The summed E-state index contributed by atoms with van der Waals surface area (Å²) in [6.45, 7) is 19.6. The number of Topliss-reactive ketones (excluding diaryl/α,β-unsaturated/α-hetero) is 1. The van der Waals surface area contributed by atoms with E-state index >= 15 is 0 Å². The molecule has 30 heavy (non-hydrogen) atoms. The van der Waals surface area contributed by atoms with Gasteiger partial charge < -0.3 is 4.79 Å². The highest BCUT2D eigenvalue weighted by molar-refractivity contribution is 5.72. The normalized spacial score (nSPS) is 28.2. The molecule has 0 N–H and O–H groups in total. The summed E-state index contributed by atoms with van der Waals surface area (Å²) in [5.41, 5.74) is 4.30. The zero-order chi connectivity index (χ0) is 22.9. The molecule has 0 bridgehead atoms. The fraction of sp³-hybridized carbons (Fsp3) is 0.828. The molecule has 3 aliphatic rings. The number of hydrogen-bond donors (Lipinski definition) is 0. The van der Waals surface area contributed by atoms with Gasteiger partial charge in [-0.1, -0.05) is 111 Å². The van der Waals surface area contributed by atoms with E-state index < -0.39 is 0 Å². The first kappa shape index (κ1) is 27.2. The molecule has 1 atom stereocenters. The number of carbonyl (C=O) groups excluding carboxylic acids is 1. The summed E-state index contributed by atoms with van der Waals surface area (Å²) in [4.78, 5) is 9.44. The van der Waals surface area contributed by atoms with E-state index in [2.05, 4.69) is 60.6 Å². The van der Waals surface area contributed by atoms with Crippen molar-refractivity contribution >= 4 is 5.78 Å². The number of ketones is 1. The third-order valence-electron chi connectivity index (χ3n) is 7.58. The Hall–Kier alpha value is -0.850. The Balaban J connectivity index is 0.000000289. The van der Waals surface area contributed by atoms with Gasteiger partial charge in [-0.25, -0.2) is 0 Å². The molecule has 0 aromatic heterocycles. The molecule has 1 fully saturated rings. The average Bonchev–Trinajstić information content (AvgIpc) is 3.12. The molecule has 0 aromatic rings. The molecule has 0 amide bonds. The first-order valence-electron chi connectivity index (χ1n) is 12.9. The monoisotopic (exact) mass is 416 g/mol. The molecule has 1 saturated carbocycles. The van der Waals surface area contributed by atoms with E-state index in [9.17, 15) is 4.79 Å². The first-order valence-corrected chi connectivity index (χ1v) is 12.9. The van der Waals surface area contributed by atoms with Crippen molar-refractivity contribution < 1.29 is 4.79 Å². The Labute approximate surface area is 189 Å². The van der Waals surface area contributed by atoms with Crippen molar-refractivity contribution in [2.75, 3.05) is 0 Å². The van der Waals surface area contributed by atoms with E-state index in [0.29, 0.717) is 10.8 Å². The van der Waals surface area contributed by atoms with Gasteiger partial charge in [-0.15, -0.1) is 0 Å². The number of rotatable bonds is 5. The van der Waals surface area contributed by atoms with Gasteiger partial charge in [-0.05, 0) is 61.9 Å². The van der Waals surface area contributed by atoms with Crippen molar-refractivity contribution in [1.82, 2.24) is 0 Å². The molecule has 0 aromatic carbocycles. The predicted molar refractivity (Wildman–Crippen MR) is 134 cm³/mol. The minimum atomic E-state index is 0.167. The quantitative estimate of drug-likeness (QED) is 0.436. The van der Waals surface area contributed by atoms with Gasteiger partial charge in [0.05, 0.1) is 0 Å². The molecule has 0 spiro atoms. The molecule has 0 aliphatic heterocycles. The molecule has 0 heterocycles. The first-order chi connectivity index (χ1) is 14.0. The fourth-order valence-electron chi connectivity index (χ4n) is 6.27. The van der Waals surface area contributed by atoms with E-state index in [1.165, 1.54) is 78.1 Å². The largest absolute Gasteiger partial charge is 0.300 e. The number of carbonyl (C=O) groups is 1. The average molecular weight is 417 g/mol. The van der Waals surface area contributed by atoms with E-state index in [4.69, 9.17) is 0 Å². The fourth-order valence-corrected chi connectivity index (χ4v) is 6.27. The number of hydrogen-bond acceptors (Lipinski definition) is 1. The van der Waals surface area contributed by atoms with E-state index in [-0.39, 0.29) is 5.78 Å². The van der Waals surface area contributed by atoms with Crippen LogP contribution < -0.4 is 0 Å². The van der Waals surface area contributed by atoms with Crippen molar-refractivity contribution in [2.45, 2.75) is 127 Å². The lowest BCUT2D eigenvalue weighted by Crippen LogP contribution is -2.20. The molecule has 1 heteroatoms. The lowest BCUT2D eigenvalue weighted by atomic mass is 9.73. The van der Waals surface area contributed by atoms with Gasteiger partial charge in [-0.3, -0.25) is 0 Å². The van der Waals surface area contributed by atoms with E-state index in [0.717, 1.165) is 17.8 Å². The maximum absolute atomic E-state index is 9.44. The van der Waals surface area contributed by atoms with Crippen LogP contribution in [0.4, 0.5) is 0 Å². The van der Waals surface area contributed by atoms with Crippen LogP contribution in [0.5, 0.6) is 0 Å². The Morgan fingerprint density at radius 3 is 1.90 bits per heavy atom. The van der Waals surface area contributed by atoms with Crippen molar-refractivity contribution in [1.29, 1.82) is 0 Å². The second kappa shape index (κ2) is 12.3. The van der Waals surface area contributed by atoms with Gasteiger partial charge in [0.25, 0.3) is 0 Å². The van der Waals surface area contributed by atoms with Crippen LogP contribution in [0.3, 0.4) is 0 Å². The summed E-state index contributed by atoms with van der Waals surface area (Å²) in [7, 11) is 0. The molecule has 0 saturated heterocycles. The summed E-state index contributed by atoms with van der Waals surface area (Å²) < 4.78 is 0. The zero-order valence-electron chi connectivity index (χ0n) is 21.9. The lowest BCUT2D eigenvalue weighted by molar-refractivity contribution is -0.114. The van der Waals surface area contributed by atoms with Gasteiger partial charge in [-0.2, -0.15) is 0 Å². The van der Waals surface area contributed by atoms with Gasteiger partial charge in [0.2, 0.25) is 0 Å². The Morgan fingerprint density at radius 2 is 1.47 bits per heavy atom. The van der Waals surface area contributed by atoms with Crippen LogP contribution in [0.15, 0.2) is 23.3 Å². The van der Waals surface area contributed by atoms with Crippen molar-refractivity contribution in [2.24, 2.45) is 28.6 Å². The van der Waals surface area contributed by atoms with E-state index in [1.807, 2.05) is 0 Å². The third kappa shape index (κ3) is 7.38. The predicted octanol–water partition coefficient (Wildman–Crippen LogP) is 9.32. The van der Waals surface area contributed by atoms with Crippen molar-refractivity contribution in [3.63, 3.8) is 0 Å². The maximum atomic E-state index is 9.44. The maximum Gasteiger partial charge on any atom is 0.126 e. The topological polar surface area (TPSA) is 17.1 Å². The summed E-state index contributed by atoms with van der Waals surface area (Å²) in [5, 5.41) is 0. The second-order valence-corrected chi connectivity index (χ2v) is 11.2. The SMILES string of the molecule is CC(C)=O.CCC1CCC(C)CC1.CCCC1(CCC)CC(C)C2=C1C=CC2(C)C. The molecule has 3 aliphatic carbocycles. The second-order valence-electron chi connectivity index (χ2n) is 11.2. The lowest BCUT2D eigenvalue weighted by Gasteiger charge is -2.31. The summed E-state index contributed by atoms with van der Waals surface area (Å²) in [6.07, 6.45) is 19.1. The summed E-state index contributed by atoms with van der Waals surface area (Å²) in [6, 6.07) is 0. The molecule has 174 valence electrons. The van der Waals surface area contributed by atoms with Crippen LogP contribution in [0.2, 0.25) is 0 Å². The van der Waals surface area contributed by atoms with Crippen LogP contribution in [-0.2, 0) is 4.79 Å². The Kier molecular flexibility index (Phi) is 11.1. The Morgan fingerprint density at radius 1 is 0.967 bits per heavy atom. The van der Waals surface area contributed by atoms with Gasteiger partial charge >= 0.3 is 0 Å². The zero-order valence-corrected chi connectivity index (χ0v) is 21.9. The van der Waals surface area contributed by atoms with Gasteiger partial charge in [0.1, 0.15) is 5.78 Å². The van der Waals surface area contributed by atoms with Crippen LogP contribution in [0, 0.1) is 28.6 Å². The van der Waals surface area contributed by atoms with Crippen LogP contribution in [0.25, 0.3) is 0 Å². The van der Waals surface area contributed by atoms with Crippen LogP contribution >= 0.6 is 0 Å². The van der Waals surface area contributed by atoms with Crippen LogP contribution in [0.1, 0.15) is 127 Å². The molecular formula is C29H52O. The van der Waals surface area contributed by atoms with Crippen molar-refractivity contribution in [3.05, 3.63) is 23.3 Å². The molecule has 1 nitrogen and oxygen atoms in total. The molecule has 0 radical (unpaired) electrons. The van der Waals surface area contributed by atoms with Crippen molar-refractivity contribution in [3.8, 4) is 0 Å². The van der Waals surface area contributed by atoms with Gasteiger partial charge in [0.15, 0.2) is 0 Å². The minimum Gasteiger partial charge on any atom is -0.300 e. The summed E-state index contributed by atoms with van der Waals surface area (Å²) >= 11 is 0. The molecular weight excluding hydrogens is 364 g/mol. The van der Waals surface area contributed by atoms with Crippen LogP contribution in [-0.4, -0.2) is 5.78 Å². The molecule has 1 unspecified atom stereocenters. The highest BCUT2D eigenvalue weighted by Gasteiger charge is 2.47. The smallest absolute Gasteiger partial charge is 0.126 e. The third-order valence-corrected chi connectivity index (χ3v) is 7.58. The highest BCUT2D eigenvalue weighted by atomic mass is 16.1. The summed E-state index contributed by atoms with van der Waals surface area (Å²) in [5.74, 6) is 3.04.